The third-order valence-electron chi connectivity index (χ3n) is 5.67. The summed E-state index contributed by atoms with van der Waals surface area (Å²) < 4.78 is 57.5. The number of aryl methyl sites for hydroxylation is 1. The topological polar surface area (TPSA) is 0 Å². The molecule has 4 rings (SSSR count). The standard InChI is InChI=1S/C24H20F4/c1-2-14-3-9-19(21(26)11-14)16-6-10-20-17(12-16)13-22(27)23(24(20)28)15-4-7-18(25)8-5-15/h3-5,7-9,11,13,16H,2,6,10,12H2,1H3. The number of halogens is 4. The van der Waals surface area contributed by atoms with Crippen LogP contribution in [0, 0.1) is 23.3 Å². The minimum absolute atomic E-state index is 0.103. The first-order valence-corrected chi connectivity index (χ1v) is 9.52. The van der Waals surface area contributed by atoms with Gasteiger partial charge in [0.05, 0.1) is 5.56 Å². The molecule has 0 N–H and O–H groups in total. The van der Waals surface area contributed by atoms with E-state index in [0.717, 1.165) is 12.0 Å². The van der Waals surface area contributed by atoms with Crippen LogP contribution >= 0.6 is 0 Å². The number of rotatable bonds is 3. The summed E-state index contributed by atoms with van der Waals surface area (Å²) in [5.74, 6) is -2.08. The summed E-state index contributed by atoms with van der Waals surface area (Å²) in [7, 11) is 0. The third kappa shape index (κ3) is 3.32. The molecule has 3 aromatic carbocycles. The Labute approximate surface area is 161 Å². The largest absolute Gasteiger partial charge is 0.207 e. The van der Waals surface area contributed by atoms with Crippen LogP contribution < -0.4 is 0 Å². The van der Waals surface area contributed by atoms with Gasteiger partial charge in [-0.05, 0) is 83.7 Å². The Morgan fingerprint density at radius 3 is 2.32 bits per heavy atom. The summed E-state index contributed by atoms with van der Waals surface area (Å²) in [6, 6.07) is 11.7. The predicted octanol–water partition coefficient (Wildman–Crippen LogP) is 6.74. The Morgan fingerprint density at radius 2 is 1.64 bits per heavy atom. The Morgan fingerprint density at radius 1 is 0.893 bits per heavy atom. The molecular formula is C24H20F4. The Hall–Kier alpha value is -2.62. The quantitative estimate of drug-likeness (QED) is 0.439. The monoisotopic (exact) mass is 384 g/mol. The van der Waals surface area contributed by atoms with Crippen molar-refractivity contribution in [3.8, 4) is 11.1 Å². The molecule has 0 aromatic heterocycles. The molecule has 0 bridgehead atoms. The lowest BCUT2D eigenvalue weighted by molar-refractivity contribution is 0.507. The van der Waals surface area contributed by atoms with E-state index in [0.29, 0.717) is 41.5 Å². The van der Waals surface area contributed by atoms with Crippen molar-refractivity contribution in [1.82, 2.24) is 0 Å². The van der Waals surface area contributed by atoms with Crippen LogP contribution in [0.4, 0.5) is 17.6 Å². The number of benzene rings is 3. The van der Waals surface area contributed by atoms with E-state index in [1.165, 1.54) is 30.3 Å². The highest BCUT2D eigenvalue weighted by molar-refractivity contribution is 5.67. The fourth-order valence-corrected chi connectivity index (χ4v) is 4.12. The highest BCUT2D eigenvalue weighted by Crippen LogP contribution is 2.39. The third-order valence-corrected chi connectivity index (χ3v) is 5.67. The van der Waals surface area contributed by atoms with Gasteiger partial charge in [0.15, 0.2) is 0 Å². The van der Waals surface area contributed by atoms with Crippen molar-refractivity contribution in [2.24, 2.45) is 0 Å². The second-order valence-electron chi connectivity index (χ2n) is 7.34. The lowest BCUT2D eigenvalue weighted by Gasteiger charge is -2.27. The van der Waals surface area contributed by atoms with Gasteiger partial charge in [0, 0.05) is 0 Å². The van der Waals surface area contributed by atoms with E-state index in [4.69, 9.17) is 0 Å². The Kier molecular flexibility index (Phi) is 4.96. The van der Waals surface area contributed by atoms with E-state index < -0.39 is 17.5 Å². The number of hydrogen-bond donors (Lipinski definition) is 0. The molecule has 1 aliphatic carbocycles. The maximum Gasteiger partial charge on any atom is 0.137 e. The van der Waals surface area contributed by atoms with Gasteiger partial charge in [-0.2, -0.15) is 0 Å². The van der Waals surface area contributed by atoms with Gasteiger partial charge in [0.2, 0.25) is 0 Å². The van der Waals surface area contributed by atoms with Gasteiger partial charge in [-0.25, -0.2) is 17.6 Å². The second kappa shape index (κ2) is 7.42. The summed E-state index contributed by atoms with van der Waals surface area (Å²) in [5, 5.41) is 0. The molecule has 1 atom stereocenters. The van der Waals surface area contributed by atoms with Gasteiger partial charge in [0.1, 0.15) is 23.3 Å². The summed E-state index contributed by atoms with van der Waals surface area (Å²) in [6.45, 7) is 1.97. The van der Waals surface area contributed by atoms with Gasteiger partial charge >= 0.3 is 0 Å². The lowest BCUT2D eigenvalue weighted by Crippen LogP contribution is -2.16. The van der Waals surface area contributed by atoms with Crippen LogP contribution in [-0.2, 0) is 19.3 Å². The SMILES string of the molecule is CCc1ccc(C2CCc3c(cc(F)c(-c4ccc(F)cc4)c3F)C2)c(F)c1. The van der Waals surface area contributed by atoms with E-state index in [2.05, 4.69) is 0 Å². The molecule has 0 nitrogen and oxygen atoms in total. The molecule has 0 aliphatic heterocycles. The van der Waals surface area contributed by atoms with Gasteiger partial charge < -0.3 is 0 Å². The van der Waals surface area contributed by atoms with Gasteiger partial charge in [-0.1, -0.05) is 31.2 Å². The summed E-state index contributed by atoms with van der Waals surface area (Å²) in [4.78, 5) is 0. The average molecular weight is 384 g/mol. The van der Waals surface area contributed by atoms with Crippen molar-refractivity contribution >= 4 is 0 Å². The Bertz CT molecular complexity index is 1020. The van der Waals surface area contributed by atoms with Crippen LogP contribution in [0.25, 0.3) is 11.1 Å². The van der Waals surface area contributed by atoms with E-state index in [1.807, 2.05) is 13.0 Å². The molecule has 28 heavy (non-hydrogen) atoms. The summed E-state index contributed by atoms with van der Waals surface area (Å²) in [5.41, 5.74) is 2.77. The van der Waals surface area contributed by atoms with Gasteiger partial charge in [0.25, 0.3) is 0 Å². The lowest BCUT2D eigenvalue weighted by atomic mass is 9.78. The van der Waals surface area contributed by atoms with E-state index in [-0.39, 0.29) is 17.3 Å². The van der Waals surface area contributed by atoms with Crippen molar-refractivity contribution in [2.75, 3.05) is 0 Å². The first kappa shape index (κ1) is 18.7. The van der Waals surface area contributed by atoms with Crippen LogP contribution in [0.5, 0.6) is 0 Å². The average Bonchev–Trinajstić information content (AvgIpc) is 2.69. The maximum absolute atomic E-state index is 15.1. The highest BCUT2D eigenvalue weighted by Gasteiger charge is 2.28. The first-order valence-electron chi connectivity index (χ1n) is 9.52. The van der Waals surface area contributed by atoms with E-state index >= 15 is 4.39 Å². The minimum atomic E-state index is -0.676. The molecule has 144 valence electrons. The zero-order chi connectivity index (χ0) is 19.8. The molecule has 1 unspecified atom stereocenters. The molecule has 0 radical (unpaired) electrons. The summed E-state index contributed by atoms with van der Waals surface area (Å²) in [6.07, 6.45) is 2.17. The van der Waals surface area contributed by atoms with Crippen molar-refractivity contribution in [3.05, 3.63) is 94.1 Å². The Balaban J connectivity index is 1.70. The second-order valence-corrected chi connectivity index (χ2v) is 7.34. The van der Waals surface area contributed by atoms with Crippen molar-refractivity contribution in [3.63, 3.8) is 0 Å². The molecule has 0 saturated carbocycles. The smallest absolute Gasteiger partial charge is 0.137 e. The van der Waals surface area contributed by atoms with Gasteiger partial charge in [-0.3, -0.25) is 0 Å². The molecule has 0 spiro atoms. The minimum Gasteiger partial charge on any atom is -0.207 e. The predicted molar refractivity (Wildman–Crippen MR) is 102 cm³/mol. The molecule has 0 heterocycles. The van der Waals surface area contributed by atoms with Gasteiger partial charge in [-0.15, -0.1) is 0 Å². The summed E-state index contributed by atoms with van der Waals surface area (Å²) >= 11 is 0. The molecule has 4 heteroatoms. The van der Waals surface area contributed by atoms with Crippen LogP contribution in [-0.4, -0.2) is 0 Å². The molecule has 3 aromatic rings. The molecular weight excluding hydrogens is 364 g/mol. The normalized spacial score (nSPS) is 16.1. The number of fused-ring (bicyclic) bond motifs is 1. The zero-order valence-corrected chi connectivity index (χ0v) is 15.5. The van der Waals surface area contributed by atoms with Crippen molar-refractivity contribution < 1.29 is 17.6 Å². The van der Waals surface area contributed by atoms with Crippen LogP contribution in [0.3, 0.4) is 0 Å². The van der Waals surface area contributed by atoms with Crippen molar-refractivity contribution in [2.45, 2.75) is 38.5 Å². The molecule has 0 fully saturated rings. The fourth-order valence-electron chi connectivity index (χ4n) is 4.12. The molecule has 1 aliphatic rings. The van der Waals surface area contributed by atoms with E-state index in [1.54, 1.807) is 12.1 Å². The molecule has 0 amide bonds. The maximum atomic E-state index is 15.1. The fraction of sp³-hybridized carbons (Fsp3) is 0.250. The highest BCUT2D eigenvalue weighted by atomic mass is 19.1. The number of hydrogen-bond acceptors (Lipinski definition) is 0. The van der Waals surface area contributed by atoms with Crippen molar-refractivity contribution in [1.29, 1.82) is 0 Å². The molecule has 0 saturated heterocycles. The van der Waals surface area contributed by atoms with E-state index in [9.17, 15) is 13.2 Å². The zero-order valence-electron chi connectivity index (χ0n) is 15.5. The van der Waals surface area contributed by atoms with Crippen LogP contribution in [0.15, 0.2) is 48.5 Å². The van der Waals surface area contributed by atoms with Crippen LogP contribution in [0.1, 0.15) is 41.5 Å². The first-order chi connectivity index (χ1) is 13.5. The van der Waals surface area contributed by atoms with Crippen LogP contribution in [0.2, 0.25) is 0 Å².